The Morgan fingerprint density at radius 2 is 1.71 bits per heavy atom. The van der Waals surface area contributed by atoms with E-state index in [2.05, 4.69) is 57.6 Å². The Morgan fingerprint density at radius 1 is 1.05 bits per heavy atom. The van der Waals surface area contributed by atoms with Crippen molar-refractivity contribution < 1.29 is 14.3 Å². The van der Waals surface area contributed by atoms with Crippen LogP contribution in [0, 0.1) is 20.8 Å². The zero-order chi connectivity index (χ0) is 30.2. The van der Waals surface area contributed by atoms with E-state index in [1.54, 1.807) is 19.2 Å². The standard InChI is InChI=1S/C33H44N6O3/c1-22-10-14-35-20-27(22)21-39(28-6-8-30(42-5)9-7-28)29-12-16-38(17-13-29)25(4)11-15-36-33(41)31-23(2)18-26(19-24(31)3)32(40)37-34/h6-10,14,18-20,25,29H,11-13,15-17,21,34H2,1-5H3,(H,36,41)(H,37,40). The van der Waals surface area contributed by atoms with Crippen molar-refractivity contribution in [1.82, 2.24) is 20.6 Å². The summed E-state index contributed by atoms with van der Waals surface area (Å²) in [4.78, 5) is 34.3. The number of pyridine rings is 1. The van der Waals surface area contributed by atoms with E-state index in [0.29, 0.717) is 29.8 Å². The Hall–Kier alpha value is -3.95. The highest BCUT2D eigenvalue weighted by Gasteiger charge is 2.28. The molecule has 0 bridgehead atoms. The Labute approximate surface area is 249 Å². The fourth-order valence-corrected chi connectivity index (χ4v) is 5.89. The number of methoxy groups -OCH3 is 1. The number of nitrogens with one attached hydrogen (secondary N) is 2. The van der Waals surface area contributed by atoms with Gasteiger partial charge in [0.15, 0.2) is 0 Å². The molecule has 42 heavy (non-hydrogen) atoms. The maximum absolute atomic E-state index is 13.0. The third kappa shape index (κ3) is 7.46. The topological polar surface area (TPSA) is 113 Å². The second-order valence-electron chi connectivity index (χ2n) is 11.2. The number of aromatic nitrogens is 1. The molecule has 1 aliphatic rings. The first-order valence-corrected chi connectivity index (χ1v) is 14.7. The number of benzene rings is 2. The van der Waals surface area contributed by atoms with Gasteiger partial charge < -0.3 is 19.9 Å². The molecule has 1 aliphatic heterocycles. The molecule has 224 valence electrons. The summed E-state index contributed by atoms with van der Waals surface area (Å²) in [5, 5.41) is 3.09. The van der Waals surface area contributed by atoms with Gasteiger partial charge in [-0.3, -0.25) is 20.0 Å². The molecule has 0 aliphatic carbocycles. The average Bonchev–Trinajstić information content (AvgIpc) is 3.00. The van der Waals surface area contributed by atoms with E-state index in [4.69, 9.17) is 10.6 Å². The number of amides is 2. The number of ether oxygens (including phenoxy) is 1. The summed E-state index contributed by atoms with van der Waals surface area (Å²) in [5.41, 5.74) is 8.39. The molecule has 2 amide bonds. The summed E-state index contributed by atoms with van der Waals surface area (Å²) in [6, 6.07) is 14.6. The van der Waals surface area contributed by atoms with E-state index in [0.717, 1.165) is 55.8 Å². The highest BCUT2D eigenvalue weighted by atomic mass is 16.5. The number of hydrogen-bond acceptors (Lipinski definition) is 7. The minimum Gasteiger partial charge on any atom is -0.497 e. The third-order valence-corrected chi connectivity index (χ3v) is 8.46. The van der Waals surface area contributed by atoms with Crippen molar-refractivity contribution >= 4 is 17.5 Å². The van der Waals surface area contributed by atoms with Gasteiger partial charge in [0.05, 0.1) is 7.11 Å². The largest absolute Gasteiger partial charge is 0.497 e. The number of nitrogens with two attached hydrogens (primary N) is 1. The zero-order valence-electron chi connectivity index (χ0n) is 25.4. The van der Waals surface area contributed by atoms with Gasteiger partial charge in [0.1, 0.15) is 5.75 Å². The highest BCUT2D eigenvalue weighted by molar-refractivity contribution is 6.00. The maximum Gasteiger partial charge on any atom is 0.265 e. The first kappa shape index (κ1) is 31.0. The number of anilines is 1. The molecule has 1 aromatic heterocycles. The van der Waals surface area contributed by atoms with Gasteiger partial charge >= 0.3 is 0 Å². The lowest BCUT2D eigenvalue weighted by molar-refractivity contribution is 0.0935. The van der Waals surface area contributed by atoms with E-state index in [-0.39, 0.29) is 11.8 Å². The number of likely N-dealkylation sites (tertiary alicyclic amines) is 1. The number of hydrogen-bond donors (Lipinski definition) is 3. The summed E-state index contributed by atoms with van der Waals surface area (Å²) in [5.74, 6) is 5.63. The fraction of sp³-hybridized carbons (Fsp3) is 0.424. The number of aryl methyl sites for hydroxylation is 3. The van der Waals surface area contributed by atoms with Crippen LogP contribution < -0.4 is 26.2 Å². The van der Waals surface area contributed by atoms with Crippen LogP contribution in [0.3, 0.4) is 0 Å². The van der Waals surface area contributed by atoms with Crippen LogP contribution in [-0.2, 0) is 6.54 Å². The molecule has 1 unspecified atom stereocenters. The summed E-state index contributed by atoms with van der Waals surface area (Å²) in [6.07, 6.45) is 6.80. The van der Waals surface area contributed by atoms with Crippen LogP contribution in [0.2, 0.25) is 0 Å². The van der Waals surface area contributed by atoms with E-state index < -0.39 is 0 Å². The van der Waals surface area contributed by atoms with Crippen LogP contribution in [0.5, 0.6) is 5.75 Å². The lowest BCUT2D eigenvalue weighted by Crippen LogP contribution is -2.48. The second kappa shape index (κ2) is 14.3. The van der Waals surface area contributed by atoms with Gasteiger partial charge in [0.2, 0.25) is 0 Å². The number of nitrogens with zero attached hydrogens (tertiary/aromatic N) is 3. The smallest absolute Gasteiger partial charge is 0.265 e. The second-order valence-corrected chi connectivity index (χ2v) is 11.2. The average molecular weight is 573 g/mol. The zero-order valence-corrected chi connectivity index (χ0v) is 25.4. The summed E-state index contributed by atoms with van der Waals surface area (Å²) in [6.45, 7) is 11.5. The van der Waals surface area contributed by atoms with Gasteiger partial charge in [-0.15, -0.1) is 0 Å². The molecular formula is C33H44N6O3. The highest BCUT2D eigenvalue weighted by Crippen LogP contribution is 2.29. The molecule has 0 saturated carbocycles. The number of carbonyl (C=O) groups excluding carboxylic acids is 2. The van der Waals surface area contributed by atoms with Gasteiger partial charge in [-0.25, -0.2) is 5.84 Å². The quantitative estimate of drug-likeness (QED) is 0.178. The molecule has 1 saturated heterocycles. The normalized spacial score (nSPS) is 14.7. The summed E-state index contributed by atoms with van der Waals surface area (Å²) < 4.78 is 5.39. The van der Waals surface area contributed by atoms with Crippen molar-refractivity contribution in [2.75, 3.05) is 31.6 Å². The molecule has 9 nitrogen and oxygen atoms in total. The number of piperidine rings is 1. The van der Waals surface area contributed by atoms with E-state index in [9.17, 15) is 9.59 Å². The first-order valence-electron chi connectivity index (χ1n) is 14.7. The third-order valence-electron chi connectivity index (χ3n) is 8.46. The van der Waals surface area contributed by atoms with Crippen molar-refractivity contribution in [3.05, 3.63) is 88.2 Å². The minimum atomic E-state index is -0.370. The van der Waals surface area contributed by atoms with E-state index >= 15 is 0 Å². The van der Waals surface area contributed by atoms with E-state index in [1.165, 1.54) is 16.8 Å². The first-order chi connectivity index (χ1) is 20.2. The molecule has 0 radical (unpaired) electrons. The molecule has 1 fully saturated rings. The molecular weight excluding hydrogens is 528 g/mol. The molecule has 2 aromatic carbocycles. The van der Waals surface area contributed by atoms with Crippen LogP contribution >= 0.6 is 0 Å². The van der Waals surface area contributed by atoms with Crippen molar-refractivity contribution in [2.24, 2.45) is 5.84 Å². The maximum atomic E-state index is 13.0. The molecule has 4 N–H and O–H groups in total. The van der Waals surface area contributed by atoms with Crippen LogP contribution in [0.4, 0.5) is 5.69 Å². The molecule has 4 rings (SSSR count). The number of nitrogen functional groups attached to an aromatic ring is 1. The SMILES string of the molecule is COc1ccc(N(Cc2cnccc2C)C2CCN(C(C)CCNC(=O)c3c(C)cc(C(=O)NN)cc3C)CC2)cc1. The number of rotatable bonds is 11. The molecule has 9 heteroatoms. The fourth-order valence-electron chi connectivity index (χ4n) is 5.89. The monoisotopic (exact) mass is 572 g/mol. The Balaban J connectivity index is 1.33. The van der Waals surface area contributed by atoms with Crippen LogP contribution in [-0.4, -0.2) is 60.5 Å². The number of hydrazine groups is 1. The van der Waals surface area contributed by atoms with Gasteiger partial charge in [-0.2, -0.15) is 0 Å². The summed E-state index contributed by atoms with van der Waals surface area (Å²) in [7, 11) is 1.69. The van der Waals surface area contributed by atoms with Crippen molar-refractivity contribution in [2.45, 2.75) is 65.6 Å². The van der Waals surface area contributed by atoms with E-state index in [1.807, 2.05) is 38.4 Å². The lowest BCUT2D eigenvalue weighted by Gasteiger charge is -2.42. The van der Waals surface area contributed by atoms with Crippen LogP contribution in [0.1, 0.15) is 69.2 Å². The van der Waals surface area contributed by atoms with Gasteiger partial charge in [0, 0.05) is 67.5 Å². The van der Waals surface area contributed by atoms with Crippen LogP contribution in [0.15, 0.2) is 54.9 Å². The van der Waals surface area contributed by atoms with Gasteiger partial charge in [-0.1, -0.05) is 0 Å². The predicted octanol–water partition coefficient (Wildman–Crippen LogP) is 4.30. The van der Waals surface area contributed by atoms with Crippen molar-refractivity contribution in [3.63, 3.8) is 0 Å². The van der Waals surface area contributed by atoms with Crippen molar-refractivity contribution in [1.29, 1.82) is 0 Å². The number of carbonyl (C=O) groups is 2. The minimum absolute atomic E-state index is 0.114. The predicted molar refractivity (Wildman–Crippen MR) is 167 cm³/mol. The van der Waals surface area contributed by atoms with Crippen LogP contribution in [0.25, 0.3) is 0 Å². The Bertz CT molecular complexity index is 1350. The Morgan fingerprint density at radius 3 is 2.31 bits per heavy atom. The summed E-state index contributed by atoms with van der Waals surface area (Å²) >= 11 is 0. The molecule has 2 heterocycles. The Kier molecular flexibility index (Phi) is 10.5. The molecule has 0 spiro atoms. The van der Waals surface area contributed by atoms with Gasteiger partial charge in [-0.05, 0) is 112 Å². The van der Waals surface area contributed by atoms with Gasteiger partial charge in [0.25, 0.3) is 11.8 Å². The lowest BCUT2D eigenvalue weighted by atomic mass is 9.98. The molecule has 1 atom stereocenters. The molecule has 3 aromatic rings. The van der Waals surface area contributed by atoms with Crippen molar-refractivity contribution in [3.8, 4) is 5.75 Å².